The highest BCUT2D eigenvalue weighted by molar-refractivity contribution is 5.76. The van der Waals surface area contributed by atoms with E-state index in [1.165, 1.54) is 11.1 Å². The molecule has 17 heavy (non-hydrogen) atoms. The number of hydrogen-bond acceptors (Lipinski definition) is 1. The second-order valence-corrected chi connectivity index (χ2v) is 3.77. The van der Waals surface area contributed by atoms with Gasteiger partial charge >= 0.3 is 0 Å². The number of nitrogens with zero attached hydrogens (tertiary/aromatic N) is 1. The number of hydrogen-bond donors (Lipinski definition) is 1. The van der Waals surface area contributed by atoms with Crippen LogP contribution in [0, 0.1) is 6.92 Å². The Labute approximate surface area is 105 Å². The summed E-state index contributed by atoms with van der Waals surface area (Å²) in [7, 11) is 0. The Balaban J connectivity index is 0.000000581. The summed E-state index contributed by atoms with van der Waals surface area (Å²) in [4.78, 5) is 7.75. The van der Waals surface area contributed by atoms with Crippen LogP contribution in [0.1, 0.15) is 58.8 Å². The van der Waals surface area contributed by atoms with Gasteiger partial charge in [-0.2, -0.15) is 0 Å². The monoisotopic (exact) mass is 234 g/mol. The first-order chi connectivity index (χ1) is 8.16. The van der Waals surface area contributed by atoms with Crippen molar-refractivity contribution in [3.05, 3.63) is 29.6 Å². The summed E-state index contributed by atoms with van der Waals surface area (Å²) in [6.07, 6.45) is 0. The van der Waals surface area contributed by atoms with Crippen LogP contribution in [0.4, 0.5) is 0 Å². The number of rotatable bonds is 1. The summed E-state index contributed by atoms with van der Waals surface area (Å²) < 4.78 is 0. The average molecular weight is 234 g/mol. The molecule has 0 aliphatic rings. The lowest BCUT2D eigenvalue weighted by Gasteiger charge is -1.97. The molecule has 2 rings (SSSR count). The zero-order valence-electron chi connectivity index (χ0n) is 12.3. The molecule has 2 heterocycles. The molecule has 1 N–H and O–H groups in total. The summed E-state index contributed by atoms with van der Waals surface area (Å²) >= 11 is 0. The van der Waals surface area contributed by atoms with Crippen LogP contribution in [0.3, 0.4) is 0 Å². The highest BCUT2D eigenvalue weighted by Crippen LogP contribution is 2.19. The minimum Gasteiger partial charge on any atom is -0.343 e. The van der Waals surface area contributed by atoms with Crippen LogP contribution in [0.2, 0.25) is 0 Å². The van der Waals surface area contributed by atoms with E-state index >= 15 is 0 Å². The van der Waals surface area contributed by atoms with Crippen LogP contribution in [-0.2, 0) is 0 Å². The topological polar surface area (TPSA) is 28.7 Å². The van der Waals surface area contributed by atoms with Crippen LogP contribution in [-0.4, -0.2) is 9.97 Å². The van der Waals surface area contributed by atoms with Crippen molar-refractivity contribution in [3.63, 3.8) is 0 Å². The maximum Gasteiger partial charge on any atom is 0.137 e. The fourth-order valence-corrected chi connectivity index (χ4v) is 1.44. The summed E-state index contributed by atoms with van der Waals surface area (Å²) in [5.41, 5.74) is 3.32. The molecule has 0 aliphatic heterocycles. The molecule has 0 atom stereocenters. The molecule has 0 bridgehead atoms. The van der Waals surface area contributed by atoms with Gasteiger partial charge in [-0.1, -0.05) is 41.5 Å². The first-order valence-electron chi connectivity index (χ1n) is 6.63. The molecular formula is C15H26N2. The number of H-pyrrole nitrogens is 1. The van der Waals surface area contributed by atoms with Gasteiger partial charge in [0.25, 0.3) is 0 Å². The third kappa shape index (κ3) is 4.22. The van der Waals surface area contributed by atoms with Crippen molar-refractivity contribution in [1.82, 2.24) is 9.97 Å². The summed E-state index contributed by atoms with van der Waals surface area (Å²) in [6.45, 7) is 14.4. The first kappa shape index (κ1) is 15.7. The number of aryl methyl sites for hydroxylation is 1. The Kier molecular flexibility index (Phi) is 7.27. The Hall–Kier alpha value is -1.31. The Morgan fingerprint density at radius 3 is 2.18 bits per heavy atom. The molecule has 0 saturated carbocycles. The lowest BCUT2D eigenvalue weighted by molar-refractivity contribution is 0.835. The van der Waals surface area contributed by atoms with Gasteiger partial charge in [0.05, 0.1) is 0 Å². The van der Waals surface area contributed by atoms with E-state index in [9.17, 15) is 0 Å². The Bertz CT molecular complexity index is 427. The normalized spacial score (nSPS) is 9.41. The lowest BCUT2D eigenvalue weighted by atomic mass is 10.1. The van der Waals surface area contributed by atoms with Gasteiger partial charge in [-0.05, 0) is 31.0 Å². The molecule has 0 aromatic carbocycles. The number of fused-ring (bicyclic) bond motifs is 1. The fraction of sp³-hybridized carbons (Fsp3) is 0.533. The molecule has 96 valence electrons. The highest BCUT2D eigenvalue weighted by Gasteiger charge is 2.04. The van der Waals surface area contributed by atoms with Crippen LogP contribution in [0.15, 0.2) is 18.2 Å². The van der Waals surface area contributed by atoms with Gasteiger partial charge in [0.2, 0.25) is 0 Å². The maximum atomic E-state index is 4.42. The van der Waals surface area contributed by atoms with E-state index in [2.05, 4.69) is 35.9 Å². The third-order valence-electron chi connectivity index (χ3n) is 2.26. The van der Waals surface area contributed by atoms with Crippen molar-refractivity contribution in [3.8, 4) is 0 Å². The zero-order chi connectivity index (χ0) is 13.4. The minimum atomic E-state index is 0.537. The Morgan fingerprint density at radius 1 is 1.06 bits per heavy atom. The molecule has 0 unspecified atom stereocenters. The van der Waals surface area contributed by atoms with E-state index in [-0.39, 0.29) is 0 Å². The fourth-order valence-electron chi connectivity index (χ4n) is 1.44. The predicted molar refractivity (Wildman–Crippen MR) is 77.6 cm³/mol. The summed E-state index contributed by atoms with van der Waals surface area (Å²) in [6, 6.07) is 6.33. The molecule has 0 spiro atoms. The summed E-state index contributed by atoms with van der Waals surface area (Å²) in [5, 5.41) is 1.20. The zero-order valence-corrected chi connectivity index (χ0v) is 12.3. The van der Waals surface area contributed by atoms with Gasteiger partial charge in [0, 0.05) is 16.8 Å². The number of aromatic amines is 1. The number of aromatic nitrogens is 2. The third-order valence-corrected chi connectivity index (χ3v) is 2.26. The van der Waals surface area contributed by atoms with Gasteiger partial charge in [-0.3, -0.25) is 0 Å². The molecule has 2 aromatic heterocycles. The molecule has 2 heteroatoms. The van der Waals surface area contributed by atoms with Gasteiger partial charge in [0.1, 0.15) is 5.65 Å². The van der Waals surface area contributed by atoms with E-state index < -0.39 is 0 Å². The van der Waals surface area contributed by atoms with Gasteiger partial charge in [0.15, 0.2) is 0 Å². The van der Waals surface area contributed by atoms with E-state index in [0.717, 1.165) is 11.3 Å². The number of pyridine rings is 1. The van der Waals surface area contributed by atoms with Crippen molar-refractivity contribution < 1.29 is 0 Å². The van der Waals surface area contributed by atoms with Crippen molar-refractivity contribution in [2.24, 2.45) is 0 Å². The highest BCUT2D eigenvalue weighted by atomic mass is 14.9. The van der Waals surface area contributed by atoms with Crippen molar-refractivity contribution in [2.75, 3.05) is 0 Å². The molecule has 0 saturated heterocycles. The van der Waals surface area contributed by atoms with Gasteiger partial charge in [-0.25, -0.2) is 4.98 Å². The smallest absolute Gasteiger partial charge is 0.137 e. The molecule has 0 fully saturated rings. The average Bonchev–Trinajstić information content (AvgIpc) is 2.77. The van der Waals surface area contributed by atoms with E-state index in [4.69, 9.17) is 0 Å². The first-order valence-corrected chi connectivity index (χ1v) is 6.63. The Morgan fingerprint density at radius 2 is 1.65 bits per heavy atom. The summed E-state index contributed by atoms with van der Waals surface area (Å²) in [5.74, 6) is 0.537. The molecule has 2 aromatic rings. The van der Waals surface area contributed by atoms with Crippen LogP contribution in [0.25, 0.3) is 11.0 Å². The van der Waals surface area contributed by atoms with Gasteiger partial charge in [-0.15, -0.1) is 0 Å². The van der Waals surface area contributed by atoms with Crippen LogP contribution < -0.4 is 0 Å². The van der Waals surface area contributed by atoms with Crippen LogP contribution >= 0.6 is 0 Å². The maximum absolute atomic E-state index is 4.42. The van der Waals surface area contributed by atoms with Crippen LogP contribution in [0.5, 0.6) is 0 Å². The largest absolute Gasteiger partial charge is 0.343 e. The SMILES string of the molecule is CC.CC.Cc1ccc2cc(C(C)C)[nH]c2n1. The second kappa shape index (κ2) is 7.88. The van der Waals surface area contributed by atoms with Crippen molar-refractivity contribution in [1.29, 1.82) is 0 Å². The quantitative estimate of drug-likeness (QED) is 0.735. The molecular weight excluding hydrogens is 208 g/mol. The van der Waals surface area contributed by atoms with Crippen molar-refractivity contribution >= 4 is 11.0 Å². The van der Waals surface area contributed by atoms with E-state index in [1.807, 2.05) is 40.7 Å². The van der Waals surface area contributed by atoms with E-state index in [0.29, 0.717) is 5.92 Å². The molecule has 0 aliphatic carbocycles. The second-order valence-electron chi connectivity index (χ2n) is 3.77. The molecule has 0 amide bonds. The van der Waals surface area contributed by atoms with E-state index in [1.54, 1.807) is 0 Å². The molecule has 0 radical (unpaired) electrons. The predicted octanol–water partition coefficient (Wildman–Crippen LogP) is 5.05. The standard InChI is InChI=1S/C11H14N2.2C2H6/c1-7(2)10-6-9-5-4-8(3)12-11(9)13-10;2*1-2/h4-7H,1-3H3,(H,12,13);2*1-2H3. The minimum absolute atomic E-state index is 0.537. The van der Waals surface area contributed by atoms with Crippen molar-refractivity contribution in [2.45, 2.75) is 54.4 Å². The number of nitrogens with one attached hydrogen (secondary N) is 1. The lowest BCUT2D eigenvalue weighted by Crippen LogP contribution is -1.86. The van der Waals surface area contributed by atoms with Gasteiger partial charge < -0.3 is 4.98 Å². The molecule has 2 nitrogen and oxygen atoms in total.